The number of aryl methyl sites for hydroxylation is 1. The molecule has 2 aromatic rings. The van der Waals surface area contributed by atoms with E-state index in [1.807, 2.05) is 6.92 Å². The fraction of sp³-hybridized carbons (Fsp3) is 0.0769. The highest BCUT2D eigenvalue weighted by Crippen LogP contribution is 2.31. The predicted octanol–water partition coefficient (Wildman–Crippen LogP) is 4.31. The third kappa shape index (κ3) is 2.56. The molecule has 0 aliphatic heterocycles. The van der Waals surface area contributed by atoms with E-state index in [9.17, 15) is 0 Å². The average Bonchev–Trinajstić information content (AvgIpc) is 2.36. The Morgan fingerprint density at radius 1 is 1.28 bits per heavy atom. The minimum absolute atomic E-state index is 0.449. The molecule has 0 aliphatic rings. The van der Waals surface area contributed by atoms with E-state index in [0.29, 0.717) is 27.1 Å². The summed E-state index contributed by atoms with van der Waals surface area (Å²) in [5, 5.41) is 13.1. The molecule has 0 saturated carbocycles. The topological polar surface area (TPSA) is 48.7 Å². The number of nitrogens with one attached hydrogen (secondary N) is 1. The summed E-state index contributed by atoms with van der Waals surface area (Å²) in [4.78, 5) is 4.10. The van der Waals surface area contributed by atoms with Gasteiger partial charge in [0.15, 0.2) is 0 Å². The molecule has 2 rings (SSSR count). The lowest BCUT2D eigenvalue weighted by Crippen LogP contribution is -1.97. The summed E-state index contributed by atoms with van der Waals surface area (Å²) in [5.41, 5.74) is 1.97. The molecule has 0 spiro atoms. The summed E-state index contributed by atoms with van der Waals surface area (Å²) in [6.07, 6.45) is 1.60. The summed E-state index contributed by atoms with van der Waals surface area (Å²) in [6.45, 7) is 1.87. The fourth-order valence-electron chi connectivity index (χ4n) is 1.46. The Hall–Kier alpha value is -1.76. The third-order valence-corrected chi connectivity index (χ3v) is 3.15. The van der Waals surface area contributed by atoms with Crippen LogP contribution in [0, 0.1) is 18.3 Å². The highest BCUT2D eigenvalue weighted by molar-refractivity contribution is 6.35. The number of hydrogen-bond acceptors (Lipinski definition) is 3. The molecule has 0 unspecified atom stereocenters. The van der Waals surface area contributed by atoms with Crippen LogP contribution in [0.15, 0.2) is 30.5 Å². The molecule has 5 heteroatoms. The summed E-state index contributed by atoms with van der Waals surface area (Å²) in [5.74, 6) is 0.460. The molecule has 1 aromatic heterocycles. The van der Waals surface area contributed by atoms with Crippen molar-refractivity contribution in [2.24, 2.45) is 0 Å². The number of halogens is 2. The Kier molecular flexibility index (Phi) is 3.71. The Morgan fingerprint density at radius 2 is 2.06 bits per heavy atom. The zero-order valence-electron chi connectivity index (χ0n) is 9.54. The largest absolute Gasteiger partial charge is 0.338 e. The molecule has 0 amide bonds. The second-order valence-electron chi connectivity index (χ2n) is 3.72. The van der Waals surface area contributed by atoms with Crippen LogP contribution in [0.5, 0.6) is 0 Å². The van der Waals surface area contributed by atoms with Crippen LogP contribution >= 0.6 is 23.2 Å². The Bertz CT molecular complexity index is 633. The second-order valence-corrected chi connectivity index (χ2v) is 4.53. The van der Waals surface area contributed by atoms with E-state index in [2.05, 4.69) is 16.4 Å². The van der Waals surface area contributed by atoms with Crippen molar-refractivity contribution in [1.29, 1.82) is 5.26 Å². The summed E-state index contributed by atoms with van der Waals surface area (Å²) in [6, 6.07) is 8.92. The first-order valence-electron chi connectivity index (χ1n) is 5.19. The number of aromatic nitrogens is 1. The molecule has 0 fully saturated rings. The molecule has 0 saturated heterocycles. The molecule has 3 nitrogen and oxygen atoms in total. The van der Waals surface area contributed by atoms with Crippen LogP contribution in [-0.4, -0.2) is 4.98 Å². The van der Waals surface area contributed by atoms with Gasteiger partial charge in [0, 0.05) is 11.2 Å². The molecule has 1 aromatic carbocycles. The van der Waals surface area contributed by atoms with Crippen molar-refractivity contribution in [3.05, 3.63) is 51.6 Å². The van der Waals surface area contributed by atoms with Gasteiger partial charge >= 0.3 is 0 Å². The number of hydrogen-bond donors (Lipinski definition) is 1. The highest BCUT2D eigenvalue weighted by Gasteiger charge is 2.08. The van der Waals surface area contributed by atoms with Crippen molar-refractivity contribution in [3.63, 3.8) is 0 Å². The lowest BCUT2D eigenvalue weighted by molar-refractivity contribution is 1.28. The van der Waals surface area contributed by atoms with Gasteiger partial charge in [-0.2, -0.15) is 5.26 Å². The van der Waals surface area contributed by atoms with Gasteiger partial charge in [-0.3, -0.25) is 0 Å². The first kappa shape index (κ1) is 12.7. The molecule has 0 atom stereocenters. The molecule has 90 valence electrons. The fourth-order valence-corrected chi connectivity index (χ4v) is 1.89. The molecule has 1 N–H and O–H groups in total. The number of benzene rings is 1. The van der Waals surface area contributed by atoms with Crippen molar-refractivity contribution < 1.29 is 0 Å². The lowest BCUT2D eigenvalue weighted by atomic mass is 10.2. The Balaban J connectivity index is 2.41. The zero-order chi connectivity index (χ0) is 13.1. The van der Waals surface area contributed by atoms with Crippen molar-refractivity contribution in [2.45, 2.75) is 6.92 Å². The number of nitriles is 1. The third-order valence-electron chi connectivity index (χ3n) is 2.43. The maximum Gasteiger partial charge on any atom is 0.148 e. The number of nitrogens with zero attached hydrogens (tertiary/aromatic N) is 2. The number of anilines is 2. The maximum atomic E-state index is 8.98. The van der Waals surface area contributed by atoms with Crippen molar-refractivity contribution in [3.8, 4) is 6.07 Å². The van der Waals surface area contributed by atoms with Crippen LogP contribution in [-0.2, 0) is 0 Å². The van der Waals surface area contributed by atoms with Crippen LogP contribution in [0.4, 0.5) is 11.5 Å². The van der Waals surface area contributed by atoms with Gasteiger partial charge in [0.2, 0.25) is 0 Å². The van der Waals surface area contributed by atoms with Gasteiger partial charge in [-0.05, 0) is 36.8 Å². The SMILES string of the molecule is Cc1cc(Cl)c(Nc2ncccc2C#N)cc1Cl. The molecule has 0 radical (unpaired) electrons. The van der Waals surface area contributed by atoms with Crippen molar-refractivity contribution >= 4 is 34.7 Å². The molecular formula is C13H9Cl2N3. The van der Waals surface area contributed by atoms with Crippen LogP contribution in [0.3, 0.4) is 0 Å². The van der Waals surface area contributed by atoms with Crippen molar-refractivity contribution in [2.75, 3.05) is 5.32 Å². The van der Waals surface area contributed by atoms with E-state index >= 15 is 0 Å². The van der Waals surface area contributed by atoms with Crippen LogP contribution < -0.4 is 5.32 Å². The van der Waals surface area contributed by atoms with Gasteiger partial charge in [-0.1, -0.05) is 23.2 Å². The molecular weight excluding hydrogens is 269 g/mol. The van der Waals surface area contributed by atoms with E-state index in [4.69, 9.17) is 28.5 Å². The van der Waals surface area contributed by atoms with E-state index in [0.717, 1.165) is 5.56 Å². The smallest absolute Gasteiger partial charge is 0.148 e. The molecule has 1 heterocycles. The summed E-state index contributed by atoms with van der Waals surface area (Å²) in [7, 11) is 0. The summed E-state index contributed by atoms with van der Waals surface area (Å²) < 4.78 is 0. The maximum absolute atomic E-state index is 8.98. The zero-order valence-corrected chi connectivity index (χ0v) is 11.0. The Labute approximate surface area is 115 Å². The molecule has 0 bridgehead atoms. The first-order valence-corrected chi connectivity index (χ1v) is 5.95. The van der Waals surface area contributed by atoms with Crippen molar-refractivity contribution in [1.82, 2.24) is 4.98 Å². The number of pyridine rings is 1. The summed E-state index contributed by atoms with van der Waals surface area (Å²) >= 11 is 12.2. The normalized spacial score (nSPS) is 9.89. The quantitative estimate of drug-likeness (QED) is 0.890. The first-order chi connectivity index (χ1) is 8.61. The van der Waals surface area contributed by atoms with Gasteiger partial charge in [0.1, 0.15) is 11.9 Å². The number of rotatable bonds is 2. The minimum atomic E-state index is 0.449. The minimum Gasteiger partial charge on any atom is -0.338 e. The van der Waals surface area contributed by atoms with E-state index in [1.165, 1.54) is 0 Å². The van der Waals surface area contributed by atoms with Crippen LogP contribution in [0.2, 0.25) is 10.0 Å². The lowest BCUT2D eigenvalue weighted by Gasteiger charge is -2.10. The van der Waals surface area contributed by atoms with Gasteiger partial charge in [-0.15, -0.1) is 0 Å². The standard InChI is InChI=1S/C13H9Cl2N3/c1-8-5-11(15)12(6-10(8)14)18-13-9(7-16)3-2-4-17-13/h2-6H,1H3,(H,17,18). The Morgan fingerprint density at radius 3 is 2.78 bits per heavy atom. The monoisotopic (exact) mass is 277 g/mol. The van der Waals surface area contributed by atoms with Gasteiger partial charge < -0.3 is 5.32 Å². The van der Waals surface area contributed by atoms with E-state index < -0.39 is 0 Å². The van der Waals surface area contributed by atoms with Gasteiger partial charge in [0.05, 0.1) is 16.3 Å². The molecule has 0 aliphatic carbocycles. The average molecular weight is 278 g/mol. The highest BCUT2D eigenvalue weighted by atomic mass is 35.5. The van der Waals surface area contributed by atoms with Gasteiger partial charge in [-0.25, -0.2) is 4.98 Å². The van der Waals surface area contributed by atoms with Gasteiger partial charge in [0.25, 0.3) is 0 Å². The second kappa shape index (κ2) is 5.26. The molecule has 18 heavy (non-hydrogen) atoms. The van der Waals surface area contributed by atoms with E-state index in [1.54, 1.807) is 30.5 Å². The predicted molar refractivity (Wildman–Crippen MR) is 73.4 cm³/mol. The van der Waals surface area contributed by atoms with E-state index in [-0.39, 0.29) is 0 Å². The van der Waals surface area contributed by atoms with Crippen LogP contribution in [0.1, 0.15) is 11.1 Å². The van der Waals surface area contributed by atoms with Crippen LogP contribution in [0.25, 0.3) is 0 Å².